The van der Waals surface area contributed by atoms with Crippen LogP contribution in [0.25, 0.3) is 0 Å². The van der Waals surface area contributed by atoms with Crippen LogP contribution >= 0.6 is 11.6 Å². The summed E-state index contributed by atoms with van der Waals surface area (Å²) in [5.74, 6) is -4.86. The van der Waals surface area contributed by atoms with Crippen molar-refractivity contribution >= 4 is 64.9 Å². The molecule has 4 aromatic rings. The molecule has 2 aliphatic rings. The topological polar surface area (TPSA) is 154 Å². The maximum absolute atomic E-state index is 13.8. The van der Waals surface area contributed by atoms with Gasteiger partial charge in [-0.3, -0.25) is 48.3 Å². The van der Waals surface area contributed by atoms with Gasteiger partial charge in [0.1, 0.15) is 19.4 Å². The van der Waals surface area contributed by atoms with Crippen molar-refractivity contribution in [2.45, 2.75) is 0 Å². The molecule has 2 aliphatic heterocycles. The van der Waals surface area contributed by atoms with Gasteiger partial charge >= 0.3 is 0 Å². The van der Waals surface area contributed by atoms with Gasteiger partial charge in [0.25, 0.3) is 35.4 Å². The van der Waals surface area contributed by atoms with Crippen molar-refractivity contribution in [3.63, 3.8) is 0 Å². The van der Waals surface area contributed by atoms with Crippen LogP contribution in [0.3, 0.4) is 0 Å². The number of rotatable bonds is 9. The summed E-state index contributed by atoms with van der Waals surface area (Å²) in [7, 11) is 0. The maximum atomic E-state index is 13.8. The molecule has 232 valence electrons. The molecule has 0 fully saturated rings. The molecule has 6 rings (SSSR count). The standard InChI is InChI=1S/C34H22ClN5O7/c35-21-14-15-27(26(16-21)30(43)20-8-2-1-3-9-20)40(29(42)18-39-33(46)24-12-6-7-13-25(24)34(39)47)19-36-37-28(41)17-38-31(44)22-10-4-5-11-23(22)32(38)45/h1-16,19H,17-18H2,(H,37,41)/b36-19+. The van der Waals surface area contributed by atoms with Crippen LogP contribution < -0.4 is 10.3 Å². The lowest BCUT2D eigenvalue weighted by atomic mass is 10.0. The molecule has 2 heterocycles. The first-order chi connectivity index (χ1) is 22.7. The fourth-order valence-electron chi connectivity index (χ4n) is 5.22. The fraction of sp³-hybridized carbons (Fsp3) is 0.0588. The van der Waals surface area contributed by atoms with Crippen LogP contribution in [-0.4, -0.2) is 70.5 Å². The molecule has 4 aromatic carbocycles. The van der Waals surface area contributed by atoms with E-state index in [0.717, 1.165) is 21.0 Å². The third-order valence-corrected chi connectivity index (χ3v) is 7.72. The summed E-state index contributed by atoms with van der Waals surface area (Å²) in [5.41, 5.74) is 3.05. The average molecular weight is 648 g/mol. The SMILES string of the molecule is O=C(CN1C(=O)c2ccccc2C1=O)N/N=C/N(C(=O)CN1C(=O)c2ccccc2C1=O)c1ccc(Cl)cc1C(=O)c1ccccc1. The van der Waals surface area contributed by atoms with E-state index in [1.54, 1.807) is 54.6 Å². The normalized spacial score (nSPS) is 13.6. The van der Waals surface area contributed by atoms with Gasteiger partial charge in [0.2, 0.25) is 0 Å². The predicted octanol–water partition coefficient (Wildman–Crippen LogP) is 3.56. The Morgan fingerprint density at radius 3 is 1.70 bits per heavy atom. The zero-order valence-corrected chi connectivity index (χ0v) is 25.0. The highest BCUT2D eigenvalue weighted by molar-refractivity contribution is 6.32. The van der Waals surface area contributed by atoms with Gasteiger partial charge in [0.15, 0.2) is 5.78 Å². The average Bonchev–Trinajstić information content (AvgIpc) is 3.47. The van der Waals surface area contributed by atoms with Crippen molar-refractivity contribution in [3.05, 3.63) is 135 Å². The lowest BCUT2D eigenvalue weighted by molar-refractivity contribution is -0.121. The van der Waals surface area contributed by atoms with Crippen molar-refractivity contribution in [2.24, 2.45) is 5.10 Å². The molecule has 13 heteroatoms. The van der Waals surface area contributed by atoms with E-state index in [1.807, 2.05) is 0 Å². The molecule has 0 saturated carbocycles. The summed E-state index contributed by atoms with van der Waals surface area (Å²) in [6.45, 7) is -1.39. The van der Waals surface area contributed by atoms with Crippen LogP contribution in [0.5, 0.6) is 0 Å². The molecule has 47 heavy (non-hydrogen) atoms. The Bertz CT molecular complexity index is 1980. The van der Waals surface area contributed by atoms with Gasteiger partial charge in [-0.1, -0.05) is 66.2 Å². The smallest absolute Gasteiger partial charge is 0.262 e. The molecule has 0 aliphatic carbocycles. The second kappa shape index (κ2) is 12.6. The van der Waals surface area contributed by atoms with E-state index in [2.05, 4.69) is 10.5 Å². The van der Waals surface area contributed by atoms with Crippen LogP contribution in [0.2, 0.25) is 5.02 Å². The number of ketones is 1. The first-order valence-corrected chi connectivity index (χ1v) is 14.5. The first kappa shape index (κ1) is 30.7. The van der Waals surface area contributed by atoms with Crippen molar-refractivity contribution < 1.29 is 33.6 Å². The third kappa shape index (κ3) is 5.80. The minimum atomic E-state index is -0.861. The van der Waals surface area contributed by atoms with Crippen molar-refractivity contribution in [2.75, 3.05) is 18.0 Å². The number of nitrogens with one attached hydrogen (secondary N) is 1. The number of hydrazone groups is 1. The van der Waals surface area contributed by atoms with Crippen LogP contribution in [0.4, 0.5) is 5.69 Å². The molecular weight excluding hydrogens is 626 g/mol. The number of nitrogens with zero attached hydrogens (tertiary/aromatic N) is 4. The number of benzene rings is 4. The number of imide groups is 2. The molecule has 0 aromatic heterocycles. The molecule has 0 spiro atoms. The Morgan fingerprint density at radius 2 is 1.17 bits per heavy atom. The van der Waals surface area contributed by atoms with E-state index in [1.165, 1.54) is 42.5 Å². The summed E-state index contributed by atoms with van der Waals surface area (Å²) >= 11 is 6.24. The Hall–Kier alpha value is -6.27. The van der Waals surface area contributed by atoms with Gasteiger partial charge < -0.3 is 0 Å². The minimum Gasteiger partial charge on any atom is -0.289 e. The van der Waals surface area contributed by atoms with Gasteiger partial charge in [-0.2, -0.15) is 5.10 Å². The van der Waals surface area contributed by atoms with E-state index in [4.69, 9.17) is 11.6 Å². The number of fused-ring (bicyclic) bond motifs is 2. The molecule has 6 amide bonds. The van der Waals surface area contributed by atoms with Crippen LogP contribution in [0, 0.1) is 0 Å². The number of carbonyl (C=O) groups excluding carboxylic acids is 7. The second-order valence-electron chi connectivity index (χ2n) is 10.4. The second-order valence-corrected chi connectivity index (χ2v) is 10.8. The zero-order chi connectivity index (χ0) is 33.2. The monoisotopic (exact) mass is 647 g/mol. The molecule has 1 N–H and O–H groups in total. The lowest BCUT2D eigenvalue weighted by Crippen LogP contribution is -2.43. The lowest BCUT2D eigenvalue weighted by Gasteiger charge is -2.23. The number of carbonyl (C=O) groups is 7. The Kier molecular flexibility index (Phi) is 8.25. The van der Waals surface area contributed by atoms with Gasteiger partial charge in [-0.15, -0.1) is 0 Å². The molecule has 0 saturated heterocycles. The third-order valence-electron chi connectivity index (χ3n) is 7.48. The highest BCUT2D eigenvalue weighted by Gasteiger charge is 2.38. The number of hydrogen-bond donors (Lipinski definition) is 1. The number of amides is 6. The highest BCUT2D eigenvalue weighted by atomic mass is 35.5. The van der Waals surface area contributed by atoms with Crippen molar-refractivity contribution in [1.29, 1.82) is 0 Å². The highest BCUT2D eigenvalue weighted by Crippen LogP contribution is 2.28. The van der Waals surface area contributed by atoms with Crippen LogP contribution in [-0.2, 0) is 9.59 Å². The largest absolute Gasteiger partial charge is 0.289 e. The predicted molar refractivity (Wildman–Crippen MR) is 169 cm³/mol. The number of halogens is 1. The summed E-state index contributed by atoms with van der Waals surface area (Å²) in [6.07, 6.45) is 0.895. The summed E-state index contributed by atoms with van der Waals surface area (Å²) in [5, 5.41) is 4.04. The van der Waals surface area contributed by atoms with E-state index in [0.29, 0.717) is 0 Å². The number of hydrogen-bond acceptors (Lipinski definition) is 8. The maximum Gasteiger partial charge on any atom is 0.262 e. The molecule has 0 unspecified atom stereocenters. The Morgan fingerprint density at radius 1 is 0.681 bits per heavy atom. The molecule has 0 bridgehead atoms. The zero-order valence-electron chi connectivity index (χ0n) is 24.3. The van der Waals surface area contributed by atoms with Gasteiger partial charge in [0.05, 0.1) is 27.9 Å². The Balaban J connectivity index is 1.28. The van der Waals surface area contributed by atoms with Gasteiger partial charge in [-0.25, -0.2) is 5.43 Å². The van der Waals surface area contributed by atoms with E-state index < -0.39 is 54.3 Å². The summed E-state index contributed by atoms with van der Waals surface area (Å²) in [6, 6.07) is 24.6. The van der Waals surface area contributed by atoms with E-state index >= 15 is 0 Å². The summed E-state index contributed by atoms with van der Waals surface area (Å²) in [4.78, 5) is 94.0. The number of anilines is 1. The van der Waals surface area contributed by atoms with Gasteiger partial charge in [0, 0.05) is 16.1 Å². The van der Waals surface area contributed by atoms with Crippen molar-refractivity contribution in [3.8, 4) is 0 Å². The van der Waals surface area contributed by atoms with Crippen LogP contribution in [0.1, 0.15) is 57.4 Å². The van der Waals surface area contributed by atoms with E-state index in [9.17, 15) is 33.6 Å². The van der Waals surface area contributed by atoms with Crippen molar-refractivity contribution in [1.82, 2.24) is 15.2 Å². The first-order valence-electron chi connectivity index (χ1n) is 14.1. The fourth-order valence-corrected chi connectivity index (χ4v) is 5.39. The Labute approximate surface area is 271 Å². The molecule has 0 atom stereocenters. The van der Waals surface area contributed by atoms with Crippen LogP contribution in [0.15, 0.2) is 102 Å². The van der Waals surface area contributed by atoms with E-state index in [-0.39, 0.29) is 44.1 Å². The minimum absolute atomic E-state index is 0.0109. The molecule has 0 radical (unpaired) electrons. The molecule has 12 nitrogen and oxygen atoms in total. The molecular formula is C34H22ClN5O7. The summed E-state index contributed by atoms with van der Waals surface area (Å²) < 4.78 is 0. The quantitative estimate of drug-likeness (QED) is 0.0958. The van der Waals surface area contributed by atoms with Gasteiger partial charge in [-0.05, 0) is 42.5 Å².